The van der Waals surface area contributed by atoms with Gasteiger partial charge in [-0.1, -0.05) is 116 Å². The maximum absolute atomic E-state index is 5.94. The van der Waals surface area contributed by atoms with Crippen LogP contribution in [0.15, 0.2) is 0 Å². The highest BCUT2D eigenvalue weighted by Crippen LogP contribution is 2.20. The predicted molar refractivity (Wildman–Crippen MR) is 144 cm³/mol. The van der Waals surface area contributed by atoms with E-state index < -0.39 is 17.4 Å². The second-order valence-corrected chi connectivity index (χ2v) is 17.8. The summed E-state index contributed by atoms with van der Waals surface area (Å²) in [5.41, 5.74) is 0. The van der Waals surface area contributed by atoms with Crippen LogP contribution in [0.5, 0.6) is 0 Å². The lowest BCUT2D eigenvalue weighted by atomic mass is 10.0. The Balaban J connectivity index is 0.000000500. The van der Waals surface area contributed by atoms with Crippen LogP contribution in [0.25, 0.3) is 0 Å². The van der Waals surface area contributed by atoms with Crippen molar-refractivity contribution >= 4 is 17.4 Å². The molecule has 2 nitrogen and oxygen atoms in total. The van der Waals surface area contributed by atoms with Crippen molar-refractivity contribution in [1.82, 2.24) is 0 Å². The fraction of sp³-hybridized carbons (Fsp3) is 1.00. The summed E-state index contributed by atoms with van der Waals surface area (Å²) in [6.45, 7) is 9.00. The molecule has 0 radical (unpaired) electrons. The molecule has 1 atom stereocenters. The quantitative estimate of drug-likeness (QED) is 0.165. The van der Waals surface area contributed by atoms with Gasteiger partial charge in [0, 0.05) is 13.2 Å². The SMILES string of the molecule is CCCCCCCCCCCCCCCCC[SiH]1CCCCO1.C[Si]1(C)CCCCO1. The molecule has 2 aliphatic rings. The molecule has 0 aliphatic carbocycles. The highest BCUT2D eigenvalue weighted by atomic mass is 28.4. The first-order valence-electron chi connectivity index (χ1n) is 14.4. The number of hydrogen-bond donors (Lipinski definition) is 0. The third-order valence-corrected chi connectivity index (χ3v) is 12.4. The lowest BCUT2D eigenvalue weighted by molar-refractivity contribution is 0.275. The Morgan fingerprint density at radius 2 is 1.13 bits per heavy atom. The van der Waals surface area contributed by atoms with Gasteiger partial charge in [0.25, 0.3) is 0 Å². The number of hydrogen-bond acceptors (Lipinski definition) is 2. The van der Waals surface area contributed by atoms with Gasteiger partial charge in [-0.3, -0.25) is 0 Å². The average molecular weight is 471 g/mol. The van der Waals surface area contributed by atoms with Crippen molar-refractivity contribution in [2.24, 2.45) is 0 Å². The molecule has 0 amide bonds. The zero-order valence-electron chi connectivity index (χ0n) is 21.9. The van der Waals surface area contributed by atoms with Gasteiger partial charge in [0.15, 0.2) is 17.4 Å². The van der Waals surface area contributed by atoms with Crippen molar-refractivity contribution in [3.63, 3.8) is 0 Å². The molecule has 186 valence electrons. The van der Waals surface area contributed by atoms with Crippen molar-refractivity contribution in [1.29, 1.82) is 0 Å². The third-order valence-electron chi connectivity index (χ3n) is 7.07. The lowest BCUT2D eigenvalue weighted by Gasteiger charge is -2.27. The molecule has 31 heavy (non-hydrogen) atoms. The fourth-order valence-corrected chi connectivity index (χ4v) is 9.40. The Morgan fingerprint density at radius 3 is 1.52 bits per heavy atom. The predicted octanol–water partition coefficient (Wildman–Crippen LogP) is 9.39. The van der Waals surface area contributed by atoms with E-state index in [4.69, 9.17) is 8.85 Å². The molecule has 0 spiro atoms. The summed E-state index contributed by atoms with van der Waals surface area (Å²) in [4.78, 5) is 0. The van der Waals surface area contributed by atoms with E-state index in [2.05, 4.69) is 20.0 Å². The first kappa shape index (κ1) is 29.4. The van der Waals surface area contributed by atoms with Crippen LogP contribution in [-0.2, 0) is 8.85 Å². The largest absolute Gasteiger partial charge is 0.420 e. The van der Waals surface area contributed by atoms with E-state index in [9.17, 15) is 0 Å². The average Bonchev–Trinajstić information content (AvgIpc) is 2.77. The van der Waals surface area contributed by atoms with Gasteiger partial charge in [0.2, 0.25) is 0 Å². The summed E-state index contributed by atoms with van der Waals surface area (Å²) in [6.07, 6.45) is 27.5. The molecule has 1 unspecified atom stereocenters. The van der Waals surface area contributed by atoms with Gasteiger partial charge in [0.1, 0.15) is 0 Å². The molecule has 2 aliphatic heterocycles. The summed E-state index contributed by atoms with van der Waals surface area (Å²) < 4.78 is 11.5. The van der Waals surface area contributed by atoms with E-state index in [-0.39, 0.29) is 0 Å². The topological polar surface area (TPSA) is 18.5 Å². The maximum Gasteiger partial charge on any atom is 0.186 e. The zero-order chi connectivity index (χ0) is 22.5. The molecule has 2 saturated heterocycles. The van der Waals surface area contributed by atoms with Crippen LogP contribution in [0, 0.1) is 0 Å². The highest BCUT2D eigenvalue weighted by molar-refractivity contribution is 6.71. The minimum atomic E-state index is -1.09. The van der Waals surface area contributed by atoms with Crippen LogP contribution < -0.4 is 0 Å². The van der Waals surface area contributed by atoms with Gasteiger partial charge in [-0.15, -0.1) is 0 Å². The van der Waals surface area contributed by atoms with Crippen LogP contribution in [0.4, 0.5) is 0 Å². The molecule has 2 heterocycles. The van der Waals surface area contributed by atoms with Gasteiger partial charge < -0.3 is 8.85 Å². The summed E-state index contributed by atoms with van der Waals surface area (Å²) in [6, 6.07) is 4.28. The van der Waals surface area contributed by atoms with E-state index >= 15 is 0 Å². The maximum atomic E-state index is 5.94. The second kappa shape index (κ2) is 20.9. The Labute approximate surface area is 199 Å². The van der Waals surface area contributed by atoms with Gasteiger partial charge >= 0.3 is 0 Å². The van der Waals surface area contributed by atoms with E-state index in [1.54, 1.807) is 0 Å². The van der Waals surface area contributed by atoms with Gasteiger partial charge in [-0.25, -0.2) is 0 Å². The van der Waals surface area contributed by atoms with Crippen molar-refractivity contribution < 1.29 is 8.85 Å². The second-order valence-electron chi connectivity index (χ2n) is 10.8. The summed E-state index contributed by atoms with van der Waals surface area (Å²) in [5, 5.41) is 0. The van der Waals surface area contributed by atoms with Gasteiger partial charge in [-0.05, 0) is 44.1 Å². The van der Waals surface area contributed by atoms with Crippen LogP contribution in [0.3, 0.4) is 0 Å². The van der Waals surface area contributed by atoms with E-state index in [1.165, 1.54) is 140 Å². The molecule has 0 N–H and O–H groups in total. The normalized spacial score (nSPS) is 20.8. The van der Waals surface area contributed by atoms with Crippen molar-refractivity contribution in [3.8, 4) is 0 Å². The van der Waals surface area contributed by atoms with Crippen LogP contribution >= 0.6 is 0 Å². The van der Waals surface area contributed by atoms with Crippen molar-refractivity contribution in [3.05, 3.63) is 0 Å². The van der Waals surface area contributed by atoms with Crippen LogP contribution in [0.1, 0.15) is 129 Å². The molecule has 2 fully saturated rings. The standard InChI is InChI=1S/C21H44OSi.C6H14OSi/c1-2-3-4-5-6-7-8-9-10-11-12-13-14-15-17-20-23-21-18-16-19-22-23;1-8(2)6-4-3-5-7-8/h23H,2-21H2,1H3;3-6H2,1-2H3. The molecular weight excluding hydrogens is 412 g/mol. The Hall–Kier alpha value is 0.354. The highest BCUT2D eigenvalue weighted by Gasteiger charge is 2.24. The molecular formula is C27H58O2Si2. The number of rotatable bonds is 16. The third kappa shape index (κ3) is 19.5. The molecule has 4 heteroatoms. The first-order chi connectivity index (χ1) is 15.1. The zero-order valence-corrected chi connectivity index (χ0v) is 24.0. The van der Waals surface area contributed by atoms with Crippen LogP contribution in [0.2, 0.25) is 31.2 Å². The monoisotopic (exact) mass is 470 g/mol. The number of unbranched alkanes of at least 4 members (excludes halogenated alkanes) is 14. The summed E-state index contributed by atoms with van der Waals surface area (Å²) in [5.74, 6) is 0. The first-order valence-corrected chi connectivity index (χ1v) is 19.6. The molecule has 0 aromatic rings. The Morgan fingerprint density at radius 1 is 0.613 bits per heavy atom. The van der Waals surface area contributed by atoms with Gasteiger partial charge in [0.05, 0.1) is 0 Å². The Kier molecular flexibility index (Phi) is 19.8. The minimum Gasteiger partial charge on any atom is -0.420 e. The van der Waals surface area contributed by atoms with E-state index in [0.29, 0.717) is 0 Å². The molecule has 0 aromatic carbocycles. The smallest absolute Gasteiger partial charge is 0.186 e. The summed E-state index contributed by atoms with van der Waals surface area (Å²) >= 11 is 0. The fourth-order valence-electron chi connectivity index (χ4n) is 4.85. The van der Waals surface area contributed by atoms with Crippen molar-refractivity contribution in [2.75, 3.05) is 13.2 Å². The minimum absolute atomic E-state index is 0.717. The molecule has 0 bridgehead atoms. The van der Waals surface area contributed by atoms with E-state index in [0.717, 1.165) is 13.2 Å². The lowest BCUT2D eigenvalue weighted by Crippen LogP contribution is -2.33. The summed E-state index contributed by atoms with van der Waals surface area (Å²) in [7, 11) is -1.81. The van der Waals surface area contributed by atoms with E-state index in [1.807, 2.05) is 0 Å². The molecule has 2 rings (SSSR count). The van der Waals surface area contributed by atoms with Gasteiger partial charge in [-0.2, -0.15) is 0 Å². The molecule has 0 aromatic heterocycles. The van der Waals surface area contributed by atoms with Crippen LogP contribution in [-0.4, -0.2) is 30.6 Å². The van der Waals surface area contributed by atoms with Crippen molar-refractivity contribution in [2.45, 2.75) is 160 Å². The Bertz CT molecular complexity index is 362. The molecule has 0 saturated carbocycles.